The SMILES string of the molecule is CN(CCN1CCCC1Cn1nc(Cc2ccc(Cl)cc2)c2ccccc2c1=O)C(=O)C(F)(F)F. The number of fused-ring (bicyclic) bond motifs is 1. The molecular formula is C25H26ClF3N4O2. The summed E-state index contributed by atoms with van der Waals surface area (Å²) in [6.45, 7) is 1.27. The molecule has 0 spiro atoms. The summed E-state index contributed by atoms with van der Waals surface area (Å²) in [6, 6.07) is 14.8. The third-order valence-corrected chi connectivity index (χ3v) is 6.68. The van der Waals surface area contributed by atoms with E-state index in [4.69, 9.17) is 16.7 Å². The van der Waals surface area contributed by atoms with Crippen LogP contribution in [0.1, 0.15) is 24.1 Å². The summed E-state index contributed by atoms with van der Waals surface area (Å²) in [5.74, 6) is -1.85. The second kappa shape index (κ2) is 10.4. The number of halogens is 4. The Labute approximate surface area is 205 Å². The van der Waals surface area contributed by atoms with Gasteiger partial charge in [-0.1, -0.05) is 41.9 Å². The van der Waals surface area contributed by atoms with Gasteiger partial charge in [-0.2, -0.15) is 18.3 Å². The zero-order valence-electron chi connectivity index (χ0n) is 19.3. The Kier molecular flexibility index (Phi) is 7.47. The van der Waals surface area contributed by atoms with Crippen LogP contribution in [0.3, 0.4) is 0 Å². The van der Waals surface area contributed by atoms with Crippen LogP contribution in [0, 0.1) is 0 Å². The van der Waals surface area contributed by atoms with Crippen molar-refractivity contribution in [2.45, 2.75) is 38.0 Å². The van der Waals surface area contributed by atoms with Crippen molar-refractivity contribution in [1.82, 2.24) is 19.6 Å². The van der Waals surface area contributed by atoms with Gasteiger partial charge in [-0.05, 0) is 43.1 Å². The quantitative estimate of drug-likeness (QED) is 0.483. The van der Waals surface area contributed by atoms with Crippen molar-refractivity contribution in [3.05, 3.63) is 75.2 Å². The summed E-state index contributed by atoms with van der Waals surface area (Å²) in [7, 11) is 1.15. The van der Waals surface area contributed by atoms with E-state index in [9.17, 15) is 22.8 Å². The number of hydrogen-bond donors (Lipinski definition) is 0. The Morgan fingerprint density at radius 1 is 1.14 bits per heavy atom. The normalized spacial score (nSPS) is 16.7. The third-order valence-electron chi connectivity index (χ3n) is 6.42. The van der Waals surface area contributed by atoms with Crippen LogP contribution >= 0.6 is 11.6 Å². The Morgan fingerprint density at radius 3 is 2.51 bits per heavy atom. The van der Waals surface area contributed by atoms with Crippen molar-refractivity contribution in [2.24, 2.45) is 0 Å². The number of benzene rings is 2. The average molecular weight is 507 g/mol. The van der Waals surface area contributed by atoms with E-state index in [-0.39, 0.29) is 18.1 Å². The first kappa shape index (κ1) is 25.2. The molecule has 1 saturated heterocycles. The minimum atomic E-state index is -4.89. The summed E-state index contributed by atoms with van der Waals surface area (Å²) in [4.78, 5) is 27.4. The fraction of sp³-hybridized carbons (Fsp3) is 0.400. The Morgan fingerprint density at radius 2 is 1.83 bits per heavy atom. The topological polar surface area (TPSA) is 58.4 Å². The maximum absolute atomic E-state index is 13.2. The molecule has 0 saturated carbocycles. The van der Waals surface area contributed by atoms with Gasteiger partial charge in [-0.3, -0.25) is 14.5 Å². The molecule has 0 bridgehead atoms. The highest BCUT2D eigenvalue weighted by Crippen LogP contribution is 2.22. The van der Waals surface area contributed by atoms with Gasteiger partial charge in [0.25, 0.3) is 5.56 Å². The molecule has 35 heavy (non-hydrogen) atoms. The predicted molar refractivity (Wildman–Crippen MR) is 129 cm³/mol. The molecule has 1 aliphatic heterocycles. The van der Waals surface area contributed by atoms with Crippen LogP contribution in [0.5, 0.6) is 0 Å². The van der Waals surface area contributed by atoms with Crippen LogP contribution in [0.25, 0.3) is 10.8 Å². The number of likely N-dealkylation sites (N-methyl/N-ethyl adjacent to an activating group) is 1. The predicted octanol–water partition coefficient (Wildman–Crippen LogP) is 4.13. The molecule has 2 heterocycles. The van der Waals surface area contributed by atoms with Gasteiger partial charge < -0.3 is 4.90 Å². The molecule has 1 aliphatic rings. The zero-order valence-corrected chi connectivity index (χ0v) is 20.0. The molecule has 6 nitrogen and oxygen atoms in total. The molecule has 1 atom stereocenters. The van der Waals surface area contributed by atoms with Crippen molar-refractivity contribution < 1.29 is 18.0 Å². The Balaban J connectivity index is 1.55. The average Bonchev–Trinajstić information content (AvgIpc) is 3.27. The lowest BCUT2D eigenvalue weighted by molar-refractivity contribution is -0.184. The number of alkyl halides is 3. The first-order chi connectivity index (χ1) is 16.6. The Hall–Kier alpha value is -2.91. The number of carbonyl (C=O) groups excluding carboxylic acids is 1. The monoisotopic (exact) mass is 506 g/mol. The molecular weight excluding hydrogens is 481 g/mol. The highest BCUT2D eigenvalue weighted by atomic mass is 35.5. The molecule has 4 rings (SSSR count). The number of amides is 1. The van der Waals surface area contributed by atoms with E-state index >= 15 is 0 Å². The van der Waals surface area contributed by atoms with Crippen LogP contribution in [-0.4, -0.2) is 64.4 Å². The van der Waals surface area contributed by atoms with Crippen molar-refractivity contribution in [3.63, 3.8) is 0 Å². The summed E-state index contributed by atoms with van der Waals surface area (Å²) in [5.41, 5.74) is 1.58. The van der Waals surface area contributed by atoms with Gasteiger partial charge in [0.2, 0.25) is 0 Å². The van der Waals surface area contributed by atoms with Crippen LogP contribution < -0.4 is 5.56 Å². The number of nitrogens with zero attached hydrogens (tertiary/aromatic N) is 4. The zero-order chi connectivity index (χ0) is 25.2. The fourth-order valence-corrected chi connectivity index (χ4v) is 4.67. The highest BCUT2D eigenvalue weighted by Gasteiger charge is 2.41. The summed E-state index contributed by atoms with van der Waals surface area (Å²) < 4.78 is 39.6. The molecule has 10 heteroatoms. The second-order valence-electron chi connectivity index (χ2n) is 8.84. The lowest BCUT2D eigenvalue weighted by atomic mass is 10.0. The second-order valence-corrected chi connectivity index (χ2v) is 9.28. The molecule has 2 aromatic carbocycles. The summed E-state index contributed by atoms with van der Waals surface area (Å²) in [5, 5.41) is 6.71. The Bertz CT molecular complexity index is 1260. The van der Waals surface area contributed by atoms with Gasteiger partial charge >= 0.3 is 12.1 Å². The van der Waals surface area contributed by atoms with Crippen LogP contribution in [-0.2, 0) is 17.8 Å². The number of likely N-dealkylation sites (tertiary alicyclic amines) is 1. The van der Waals surface area contributed by atoms with E-state index in [1.54, 1.807) is 6.07 Å². The van der Waals surface area contributed by atoms with Crippen molar-refractivity contribution in [2.75, 3.05) is 26.7 Å². The van der Waals surface area contributed by atoms with E-state index in [2.05, 4.69) is 0 Å². The van der Waals surface area contributed by atoms with E-state index in [1.807, 2.05) is 47.4 Å². The van der Waals surface area contributed by atoms with E-state index < -0.39 is 12.1 Å². The number of aromatic nitrogens is 2. The van der Waals surface area contributed by atoms with Gasteiger partial charge in [-0.25, -0.2) is 4.68 Å². The number of hydrogen-bond acceptors (Lipinski definition) is 4. The molecule has 186 valence electrons. The molecule has 1 unspecified atom stereocenters. The first-order valence-electron chi connectivity index (χ1n) is 11.4. The van der Waals surface area contributed by atoms with Gasteiger partial charge in [-0.15, -0.1) is 0 Å². The first-order valence-corrected chi connectivity index (χ1v) is 11.8. The summed E-state index contributed by atoms with van der Waals surface area (Å²) >= 11 is 6.01. The third kappa shape index (κ3) is 5.85. The van der Waals surface area contributed by atoms with E-state index in [0.29, 0.717) is 41.4 Å². The van der Waals surface area contributed by atoms with Crippen molar-refractivity contribution >= 4 is 28.3 Å². The maximum atomic E-state index is 13.2. The van der Waals surface area contributed by atoms with Crippen LogP contribution in [0.15, 0.2) is 53.3 Å². The van der Waals surface area contributed by atoms with Crippen molar-refractivity contribution in [3.8, 4) is 0 Å². The maximum Gasteiger partial charge on any atom is 0.471 e. The minimum Gasteiger partial charge on any atom is -0.337 e. The molecule has 1 fully saturated rings. The minimum absolute atomic E-state index is 0.0449. The lowest BCUT2D eigenvalue weighted by Gasteiger charge is -2.27. The molecule has 1 amide bonds. The van der Waals surface area contributed by atoms with Gasteiger partial charge in [0.1, 0.15) is 0 Å². The molecule has 3 aromatic rings. The van der Waals surface area contributed by atoms with Crippen LogP contribution in [0.4, 0.5) is 13.2 Å². The van der Waals surface area contributed by atoms with Gasteiger partial charge in [0.15, 0.2) is 0 Å². The molecule has 0 N–H and O–H groups in total. The smallest absolute Gasteiger partial charge is 0.337 e. The largest absolute Gasteiger partial charge is 0.471 e. The highest BCUT2D eigenvalue weighted by molar-refractivity contribution is 6.30. The van der Waals surface area contributed by atoms with Crippen molar-refractivity contribution in [1.29, 1.82) is 0 Å². The van der Waals surface area contributed by atoms with E-state index in [0.717, 1.165) is 36.5 Å². The van der Waals surface area contributed by atoms with Gasteiger partial charge in [0, 0.05) is 43.0 Å². The fourth-order valence-electron chi connectivity index (χ4n) is 4.55. The molecule has 0 aliphatic carbocycles. The van der Waals surface area contributed by atoms with Crippen LogP contribution in [0.2, 0.25) is 5.02 Å². The number of rotatable bonds is 7. The standard InChI is InChI=1S/C25H26ClF3N4O2/c1-31(24(35)25(27,28)29)13-14-32-12-4-5-19(32)16-33-23(34)21-7-3-2-6-20(21)22(30-33)15-17-8-10-18(26)11-9-17/h2-3,6-11,19H,4-5,12-16H2,1H3. The number of carbonyl (C=O) groups is 1. The van der Waals surface area contributed by atoms with E-state index in [1.165, 1.54) is 4.68 Å². The lowest BCUT2D eigenvalue weighted by Crippen LogP contribution is -2.44. The molecule has 0 radical (unpaired) electrons. The molecule has 1 aromatic heterocycles. The summed E-state index contributed by atoms with van der Waals surface area (Å²) in [6.07, 6.45) is -2.70. The van der Waals surface area contributed by atoms with Gasteiger partial charge in [0.05, 0.1) is 17.6 Å².